The van der Waals surface area contributed by atoms with Crippen LogP contribution in [0.15, 0.2) is 164 Å². The summed E-state index contributed by atoms with van der Waals surface area (Å²) in [5.74, 6) is 0. The zero-order valence-corrected chi connectivity index (χ0v) is 31.9. The standard InChI is InChI=1S/C51H45N3/c1-49(2)36-22-10-15-27-42(36)52(43-28-16-11-23-37(43)49)35-32-41-48(53(34-20-8-7-9-21-34)44-29-17-12-24-38(44)51(41,5)6)47(33-35)54-45-30-18-13-25-39(45)50(3,4)40-26-14-19-31-46(40)54/h7-33H,1-6H3. The van der Waals surface area contributed by atoms with Gasteiger partial charge in [-0.1, -0.05) is 151 Å². The van der Waals surface area contributed by atoms with Crippen molar-refractivity contribution in [1.82, 2.24) is 0 Å². The Bertz CT molecular complexity index is 2510. The zero-order valence-electron chi connectivity index (χ0n) is 31.9. The SMILES string of the molecule is CC1(C)c2ccccc2N(c2cc(N3c4ccccc4C(C)(C)c4ccccc43)c3c(c2)C(C)(C)c2ccccc2N3c2ccccc2)c2ccccc21. The summed E-state index contributed by atoms with van der Waals surface area (Å²) in [6.45, 7) is 14.3. The minimum atomic E-state index is -0.315. The molecular weight excluding hydrogens is 655 g/mol. The van der Waals surface area contributed by atoms with Gasteiger partial charge < -0.3 is 14.7 Å². The second kappa shape index (κ2) is 11.5. The van der Waals surface area contributed by atoms with Crippen LogP contribution in [0.25, 0.3) is 0 Å². The number of hydrogen-bond donors (Lipinski definition) is 0. The van der Waals surface area contributed by atoms with Crippen molar-refractivity contribution in [2.24, 2.45) is 0 Å². The van der Waals surface area contributed by atoms with E-state index in [-0.39, 0.29) is 16.2 Å². The Hall–Kier alpha value is -6.06. The van der Waals surface area contributed by atoms with Gasteiger partial charge >= 0.3 is 0 Å². The molecule has 3 heteroatoms. The van der Waals surface area contributed by atoms with Crippen LogP contribution >= 0.6 is 0 Å². The van der Waals surface area contributed by atoms with Crippen molar-refractivity contribution in [3.63, 3.8) is 0 Å². The van der Waals surface area contributed by atoms with E-state index in [9.17, 15) is 0 Å². The second-order valence-electron chi connectivity index (χ2n) is 16.7. The highest BCUT2D eigenvalue weighted by Crippen LogP contribution is 2.62. The fourth-order valence-corrected chi connectivity index (χ4v) is 9.80. The molecule has 3 aliphatic heterocycles. The first-order chi connectivity index (χ1) is 26.1. The number of rotatable bonds is 3. The zero-order chi connectivity index (χ0) is 37.0. The predicted octanol–water partition coefficient (Wildman–Crippen LogP) is 14.0. The van der Waals surface area contributed by atoms with E-state index in [1.54, 1.807) is 0 Å². The fourth-order valence-electron chi connectivity index (χ4n) is 9.80. The Morgan fingerprint density at radius 3 is 1.04 bits per heavy atom. The molecule has 0 amide bonds. The van der Waals surface area contributed by atoms with E-state index < -0.39 is 0 Å². The summed E-state index contributed by atoms with van der Waals surface area (Å²) < 4.78 is 0. The van der Waals surface area contributed by atoms with E-state index in [4.69, 9.17) is 0 Å². The summed E-state index contributed by atoms with van der Waals surface area (Å²) in [4.78, 5) is 7.60. The molecule has 0 aliphatic carbocycles. The van der Waals surface area contributed by atoms with Crippen molar-refractivity contribution in [1.29, 1.82) is 0 Å². The van der Waals surface area contributed by atoms with Crippen molar-refractivity contribution >= 4 is 51.2 Å². The molecule has 0 bridgehead atoms. The predicted molar refractivity (Wildman–Crippen MR) is 227 cm³/mol. The quantitative estimate of drug-likeness (QED) is 0.182. The Balaban J connectivity index is 1.36. The minimum absolute atomic E-state index is 0.153. The van der Waals surface area contributed by atoms with E-state index in [1.165, 1.54) is 67.5 Å². The van der Waals surface area contributed by atoms with E-state index in [1.807, 2.05) is 0 Å². The topological polar surface area (TPSA) is 9.72 Å². The average Bonchev–Trinajstić information content (AvgIpc) is 3.19. The highest BCUT2D eigenvalue weighted by molar-refractivity contribution is 6.01. The van der Waals surface area contributed by atoms with Gasteiger partial charge in [-0.25, -0.2) is 0 Å². The van der Waals surface area contributed by atoms with Crippen molar-refractivity contribution in [2.75, 3.05) is 14.7 Å². The van der Waals surface area contributed by atoms with Crippen LogP contribution in [0, 0.1) is 0 Å². The van der Waals surface area contributed by atoms with Crippen LogP contribution in [0.5, 0.6) is 0 Å². The molecule has 0 N–H and O–H groups in total. The first kappa shape index (κ1) is 32.6. The van der Waals surface area contributed by atoms with Gasteiger partial charge in [-0.15, -0.1) is 0 Å². The van der Waals surface area contributed by atoms with Crippen molar-refractivity contribution < 1.29 is 0 Å². The molecule has 3 aliphatic rings. The smallest absolute Gasteiger partial charge is 0.0745 e. The van der Waals surface area contributed by atoms with Gasteiger partial charge in [-0.2, -0.15) is 0 Å². The highest BCUT2D eigenvalue weighted by atomic mass is 15.2. The van der Waals surface area contributed by atoms with Crippen molar-refractivity contribution in [3.8, 4) is 0 Å². The van der Waals surface area contributed by atoms with Crippen LogP contribution in [0.1, 0.15) is 74.9 Å². The molecule has 0 spiro atoms. The molecule has 7 aromatic carbocycles. The first-order valence-corrected chi connectivity index (χ1v) is 19.2. The molecule has 54 heavy (non-hydrogen) atoms. The summed E-state index contributed by atoms with van der Waals surface area (Å²) in [6.07, 6.45) is 0. The van der Waals surface area contributed by atoms with E-state index in [0.29, 0.717) is 0 Å². The van der Waals surface area contributed by atoms with Gasteiger partial charge in [-0.3, -0.25) is 0 Å². The molecule has 0 unspecified atom stereocenters. The molecule has 7 aromatic rings. The molecular formula is C51H45N3. The lowest BCUT2D eigenvalue weighted by atomic mass is 9.71. The highest BCUT2D eigenvalue weighted by Gasteiger charge is 2.44. The summed E-state index contributed by atoms with van der Waals surface area (Å²) >= 11 is 0. The van der Waals surface area contributed by atoms with Crippen molar-refractivity contribution in [3.05, 3.63) is 197 Å². The molecule has 0 saturated carbocycles. The largest absolute Gasteiger partial charge is 0.310 e. The van der Waals surface area contributed by atoms with Gasteiger partial charge in [-0.05, 0) is 88.0 Å². The van der Waals surface area contributed by atoms with E-state index >= 15 is 0 Å². The number of hydrogen-bond acceptors (Lipinski definition) is 3. The summed E-state index contributed by atoms with van der Waals surface area (Å²) in [5.41, 5.74) is 18.0. The van der Waals surface area contributed by atoms with Gasteiger partial charge in [0.25, 0.3) is 0 Å². The third kappa shape index (κ3) is 4.42. The molecule has 0 aromatic heterocycles. The molecule has 3 nitrogen and oxygen atoms in total. The monoisotopic (exact) mass is 699 g/mol. The Kier molecular flexibility index (Phi) is 6.92. The molecule has 264 valence electrons. The molecule has 3 heterocycles. The lowest BCUT2D eigenvalue weighted by molar-refractivity contribution is 0.626. The number of para-hydroxylation sites is 6. The lowest BCUT2D eigenvalue weighted by Gasteiger charge is -2.48. The van der Waals surface area contributed by atoms with Gasteiger partial charge in [0.15, 0.2) is 0 Å². The number of nitrogens with zero attached hydrogens (tertiary/aromatic N) is 3. The average molecular weight is 700 g/mol. The van der Waals surface area contributed by atoms with Crippen LogP contribution < -0.4 is 14.7 Å². The van der Waals surface area contributed by atoms with Crippen LogP contribution in [0.2, 0.25) is 0 Å². The summed E-state index contributed by atoms with van der Waals surface area (Å²) in [6, 6.07) is 60.9. The molecule has 0 atom stereocenters. The first-order valence-electron chi connectivity index (χ1n) is 19.2. The maximum absolute atomic E-state index is 2.56. The third-order valence-electron chi connectivity index (χ3n) is 12.6. The van der Waals surface area contributed by atoms with Crippen LogP contribution in [0.4, 0.5) is 51.2 Å². The van der Waals surface area contributed by atoms with Gasteiger partial charge in [0.1, 0.15) is 0 Å². The number of fused-ring (bicyclic) bond motifs is 6. The molecule has 10 rings (SSSR count). The van der Waals surface area contributed by atoms with Crippen LogP contribution in [-0.2, 0) is 16.2 Å². The maximum Gasteiger partial charge on any atom is 0.0745 e. The minimum Gasteiger partial charge on any atom is -0.310 e. The summed E-state index contributed by atoms with van der Waals surface area (Å²) in [5, 5.41) is 0. The molecule has 0 fully saturated rings. The van der Waals surface area contributed by atoms with Crippen LogP contribution in [0.3, 0.4) is 0 Å². The normalized spacial score (nSPS) is 16.7. The molecule has 0 saturated heterocycles. The van der Waals surface area contributed by atoms with E-state index in [0.717, 1.165) is 17.1 Å². The van der Waals surface area contributed by atoms with Crippen molar-refractivity contribution in [2.45, 2.75) is 57.8 Å². The number of anilines is 9. The molecule has 0 radical (unpaired) electrons. The van der Waals surface area contributed by atoms with Crippen LogP contribution in [-0.4, -0.2) is 0 Å². The Morgan fingerprint density at radius 2 is 0.611 bits per heavy atom. The maximum atomic E-state index is 2.56. The fraction of sp³-hybridized carbons (Fsp3) is 0.176. The second-order valence-corrected chi connectivity index (χ2v) is 16.7. The number of benzene rings is 7. The Morgan fingerprint density at radius 1 is 0.278 bits per heavy atom. The van der Waals surface area contributed by atoms with Gasteiger partial charge in [0.2, 0.25) is 0 Å². The lowest BCUT2D eigenvalue weighted by Crippen LogP contribution is -2.35. The Labute approximate surface area is 319 Å². The third-order valence-corrected chi connectivity index (χ3v) is 12.6. The van der Waals surface area contributed by atoms with Gasteiger partial charge in [0.05, 0.1) is 39.8 Å². The van der Waals surface area contributed by atoms with E-state index in [2.05, 4.69) is 220 Å². The van der Waals surface area contributed by atoms with Gasteiger partial charge in [0, 0.05) is 27.6 Å². The summed E-state index contributed by atoms with van der Waals surface area (Å²) in [7, 11) is 0.